The molecule has 0 bridgehead atoms. The van der Waals surface area contributed by atoms with Gasteiger partial charge in [0, 0.05) is 13.6 Å². The van der Waals surface area contributed by atoms with Crippen molar-refractivity contribution >= 4 is 5.96 Å². The van der Waals surface area contributed by atoms with Crippen LogP contribution in [0.25, 0.3) is 0 Å². The highest BCUT2D eigenvalue weighted by atomic mass is 15.1. The van der Waals surface area contributed by atoms with E-state index in [0.29, 0.717) is 5.96 Å². The van der Waals surface area contributed by atoms with Crippen molar-refractivity contribution in [1.82, 2.24) is 5.32 Å². The van der Waals surface area contributed by atoms with Gasteiger partial charge in [0.05, 0.1) is 0 Å². The third-order valence-corrected chi connectivity index (χ3v) is 3.09. The molecule has 1 aliphatic carbocycles. The van der Waals surface area contributed by atoms with Crippen molar-refractivity contribution in [1.29, 1.82) is 0 Å². The fourth-order valence-electron chi connectivity index (χ4n) is 2.61. The van der Waals surface area contributed by atoms with Crippen LogP contribution in [0.4, 0.5) is 0 Å². The molecule has 1 saturated carbocycles. The summed E-state index contributed by atoms with van der Waals surface area (Å²) >= 11 is 0. The predicted octanol–water partition coefficient (Wildman–Crippen LogP) is 1.59. The zero-order chi connectivity index (χ0) is 10.6. The maximum absolute atomic E-state index is 5.60. The lowest BCUT2D eigenvalue weighted by atomic mass is 9.77. The van der Waals surface area contributed by atoms with E-state index in [1.54, 1.807) is 7.05 Å². The summed E-state index contributed by atoms with van der Waals surface area (Å²) in [4.78, 5) is 3.89. The maximum Gasteiger partial charge on any atom is 0.188 e. The summed E-state index contributed by atoms with van der Waals surface area (Å²) in [5.41, 5.74) is 5.60. The van der Waals surface area contributed by atoms with E-state index in [4.69, 9.17) is 5.73 Å². The van der Waals surface area contributed by atoms with Crippen LogP contribution >= 0.6 is 0 Å². The monoisotopic (exact) mass is 197 g/mol. The van der Waals surface area contributed by atoms with Gasteiger partial charge in [0.1, 0.15) is 0 Å². The molecule has 0 aromatic heterocycles. The van der Waals surface area contributed by atoms with Gasteiger partial charge in [-0.15, -0.1) is 0 Å². The topological polar surface area (TPSA) is 50.4 Å². The van der Waals surface area contributed by atoms with E-state index in [1.807, 2.05) is 0 Å². The van der Waals surface area contributed by atoms with Crippen molar-refractivity contribution in [3.05, 3.63) is 0 Å². The normalized spacial score (nSPS) is 34.2. The van der Waals surface area contributed by atoms with E-state index in [-0.39, 0.29) is 0 Å². The van der Waals surface area contributed by atoms with Crippen molar-refractivity contribution in [2.24, 2.45) is 28.5 Å². The number of nitrogens with two attached hydrogens (primary N) is 1. The van der Waals surface area contributed by atoms with Crippen LogP contribution in [0.15, 0.2) is 4.99 Å². The summed E-state index contributed by atoms with van der Waals surface area (Å²) in [5.74, 6) is 3.07. The molecule has 3 heteroatoms. The van der Waals surface area contributed by atoms with Gasteiger partial charge < -0.3 is 11.1 Å². The van der Waals surface area contributed by atoms with Gasteiger partial charge in [-0.2, -0.15) is 0 Å². The molecule has 0 aromatic rings. The molecule has 0 amide bonds. The van der Waals surface area contributed by atoms with E-state index < -0.39 is 0 Å². The Kier molecular flexibility index (Phi) is 4.23. The number of nitrogens with one attached hydrogen (secondary N) is 1. The molecule has 3 nitrogen and oxygen atoms in total. The van der Waals surface area contributed by atoms with Crippen LogP contribution in [0.3, 0.4) is 0 Å². The van der Waals surface area contributed by atoms with Crippen LogP contribution < -0.4 is 11.1 Å². The van der Waals surface area contributed by atoms with Crippen molar-refractivity contribution in [3.8, 4) is 0 Å². The Labute approximate surface area is 87.2 Å². The lowest BCUT2D eigenvalue weighted by molar-refractivity contribution is 0.220. The smallest absolute Gasteiger partial charge is 0.188 e. The third-order valence-electron chi connectivity index (χ3n) is 3.09. The minimum atomic E-state index is 0.566. The number of guanidine groups is 1. The van der Waals surface area contributed by atoms with Crippen molar-refractivity contribution in [2.45, 2.75) is 33.1 Å². The van der Waals surface area contributed by atoms with E-state index in [1.165, 1.54) is 19.3 Å². The molecule has 0 spiro atoms. The summed E-state index contributed by atoms with van der Waals surface area (Å²) < 4.78 is 0. The van der Waals surface area contributed by atoms with E-state index in [2.05, 4.69) is 24.2 Å². The summed E-state index contributed by atoms with van der Waals surface area (Å²) in [5, 5.41) is 3.17. The molecule has 0 radical (unpaired) electrons. The summed E-state index contributed by atoms with van der Waals surface area (Å²) in [6, 6.07) is 0. The van der Waals surface area contributed by atoms with Crippen molar-refractivity contribution < 1.29 is 0 Å². The summed E-state index contributed by atoms with van der Waals surface area (Å²) in [6.07, 6.45) is 4.04. The lowest BCUT2D eigenvalue weighted by Crippen LogP contribution is -2.37. The Morgan fingerprint density at radius 1 is 1.29 bits per heavy atom. The minimum absolute atomic E-state index is 0.566. The maximum atomic E-state index is 5.60. The minimum Gasteiger partial charge on any atom is -0.370 e. The standard InChI is InChI=1S/C11H23N3/c1-8-4-9(2)6-10(5-8)7-14-11(12)13-3/h8-10H,4-7H2,1-3H3,(H3,12,13,14). The molecule has 0 aromatic carbocycles. The summed E-state index contributed by atoms with van der Waals surface area (Å²) in [7, 11) is 1.72. The van der Waals surface area contributed by atoms with Crippen LogP contribution in [-0.4, -0.2) is 19.6 Å². The van der Waals surface area contributed by atoms with Crippen molar-refractivity contribution in [2.75, 3.05) is 13.6 Å². The second kappa shape index (κ2) is 5.23. The van der Waals surface area contributed by atoms with Crippen molar-refractivity contribution in [3.63, 3.8) is 0 Å². The number of aliphatic imine (C=N–C) groups is 1. The average Bonchev–Trinajstić information content (AvgIpc) is 2.12. The number of hydrogen-bond acceptors (Lipinski definition) is 1. The van der Waals surface area contributed by atoms with Crippen LogP contribution in [0.5, 0.6) is 0 Å². The fourth-order valence-corrected chi connectivity index (χ4v) is 2.61. The highest BCUT2D eigenvalue weighted by Gasteiger charge is 2.23. The Balaban J connectivity index is 2.30. The Hall–Kier alpha value is -0.730. The number of rotatable bonds is 2. The molecular weight excluding hydrogens is 174 g/mol. The van der Waals surface area contributed by atoms with Gasteiger partial charge in [0.15, 0.2) is 5.96 Å². The third kappa shape index (κ3) is 3.56. The molecule has 2 atom stereocenters. The first kappa shape index (κ1) is 11.3. The van der Waals surface area contributed by atoms with Crippen LogP contribution in [-0.2, 0) is 0 Å². The molecule has 14 heavy (non-hydrogen) atoms. The molecule has 1 aliphatic rings. The van der Waals surface area contributed by atoms with Crippen LogP contribution in [0.1, 0.15) is 33.1 Å². The van der Waals surface area contributed by atoms with Gasteiger partial charge in [0.25, 0.3) is 0 Å². The van der Waals surface area contributed by atoms with E-state index in [0.717, 1.165) is 24.3 Å². The molecule has 0 aliphatic heterocycles. The fraction of sp³-hybridized carbons (Fsp3) is 0.909. The molecule has 1 fully saturated rings. The largest absolute Gasteiger partial charge is 0.370 e. The second-order valence-electron chi connectivity index (χ2n) is 4.77. The quantitative estimate of drug-likeness (QED) is 0.522. The van der Waals surface area contributed by atoms with Gasteiger partial charge >= 0.3 is 0 Å². The van der Waals surface area contributed by atoms with Crippen LogP contribution in [0.2, 0.25) is 0 Å². The zero-order valence-electron chi connectivity index (χ0n) is 9.59. The van der Waals surface area contributed by atoms with Crippen LogP contribution in [0, 0.1) is 17.8 Å². The number of nitrogens with zero attached hydrogens (tertiary/aromatic N) is 1. The van der Waals surface area contributed by atoms with E-state index >= 15 is 0 Å². The van der Waals surface area contributed by atoms with Gasteiger partial charge in [-0.05, 0) is 37.0 Å². The van der Waals surface area contributed by atoms with Gasteiger partial charge in [-0.1, -0.05) is 13.8 Å². The second-order valence-corrected chi connectivity index (χ2v) is 4.77. The molecular formula is C11H23N3. The SMILES string of the molecule is CN=C(N)NCC1CC(C)CC(C)C1. The van der Waals surface area contributed by atoms with Gasteiger partial charge in [-0.25, -0.2) is 0 Å². The van der Waals surface area contributed by atoms with Gasteiger partial charge in [0.2, 0.25) is 0 Å². The zero-order valence-corrected chi connectivity index (χ0v) is 9.59. The Morgan fingerprint density at radius 3 is 2.36 bits per heavy atom. The average molecular weight is 197 g/mol. The lowest BCUT2D eigenvalue weighted by Gasteiger charge is -2.31. The molecule has 82 valence electrons. The predicted molar refractivity (Wildman–Crippen MR) is 61.2 cm³/mol. The highest BCUT2D eigenvalue weighted by Crippen LogP contribution is 2.32. The van der Waals surface area contributed by atoms with E-state index in [9.17, 15) is 0 Å². The number of hydrogen-bond donors (Lipinski definition) is 2. The highest BCUT2D eigenvalue weighted by molar-refractivity contribution is 5.77. The Morgan fingerprint density at radius 2 is 1.86 bits per heavy atom. The molecule has 0 heterocycles. The molecule has 3 N–H and O–H groups in total. The molecule has 0 saturated heterocycles. The molecule has 2 unspecified atom stereocenters. The van der Waals surface area contributed by atoms with Gasteiger partial charge in [-0.3, -0.25) is 4.99 Å². The first-order valence-electron chi connectivity index (χ1n) is 5.58. The molecule has 1 rings (SSSR count). The first-order valence-corrected chi connectivity index (χ1v) is 5.58. The summed E-state index contributed by atoms with van der Waals surface area (Å²) in [6.45, 7) is 5.68. The first-order chi connectivity index (χ1) is 6.61. The Bertz CT molecular complexity index is 191.